The molecule has 2 aromatic carbocycles. The normalized spacial score (nSPS) is 12.5. The molecule has 0 bridgehead atoms. The number of carboxylic acids is 1. The van der Waals surface area contributed by atoms with Gasteiger partial charge in [-0.05, 0) is 43.7 Å². The van der Waals surface area contributed by atoms with Crippen molar-refractivity contribution in [3.8, 4) is 0 Å². The van der Waals surface area contributed by atoms with Crippen molar-refractivity contribution in [3.05, 3.63) is 65.0 Å². The minimum atomic E-state index is -4.12. The van der Waals surface area contributed by atoms with E-state index < -0.39 is 33.4 Å². The molecule has 5 N–H and O–H groups in total. The molecule has 0 saturated heterocycles. The summed E-state index contributed by atoms with van der Waals surface area (Å²) in [6.45, 7) is 2.97. The third kappa shape index (κ3) is 5.46. The number of rotatable bonds is 6. The molecule has 0 heterocycles. The molecule has 1 amide bonds. The van der Waals surface area contributed by atoms with Crippen molar-refractivity contribution in [1.82, 2.24) is 0 Å². The van der Waals surface area contributed by atoms with Crippen molar-refractivity contribution in [2.24, 2.45) is 15.4 Å². The van der Waals surface area contributed by atoms with Crippen LogP contribution < -0.4 is 10.5 Å². The van der Waals surface area contributed by atoms with Crippen LogP contribution in [0.2, 0.25) is 0 Å². The third-order valence-electron chi connectivity index (χ3n) is 3.74. The lowest BCUT2D eigenvalue weighted by Gasteiger charge is -2.08. The Hall–Kier alpha value is -3.57. The maximum Gasteiger partial charge on any atom is 0.337 e. The number of anilines is 1. The number of primary sulfonamides is 1. The van der Waals surface area contributed by atoms with Crippen LogP contribution >= 0.6 is 0 Å². The molecular formula is C18H18N4O6S. The molecule has 0 aliphatic rings. The van der Waals surface area contributed by atoms with E-state index in [1.807, 2.05) is 0 Å². The number of carbonyl (C=O) groups excluding carboxylic acids is 1. The Morgan fingerprint density at radius 1 is 1.10 bits per heavy atom. The summed E-state index contributed by atoms with van der Waals surface area (Å²) in [5, 5.41) is 33.9. The molecule has 29 heavy (non-hydrogen) atoms. The zero-order valence-electron chi connectivity index (χ0n) is 15.4. The molecule has 0 saturated carbocycles. The molecular weight excluding hydrogens is 400 g/mol. The number of benzene rings is 2. The number of para-hydroxylation sites is 1. The number of aryl methyl sites for hydroxylation is 1. The average Bonchev–Trinajstić information content (AvgIpc) is 2.62. The number of aliphatic hydroxyl groups is 1. The number of aromatic carboxylic acids is 1. The summed E-state index contributed by atoms with van der Waals surface area (Å²) in [6.07, 6.45) is 0. The van der Waals surface area contributed by atoms with Crippen LogP contribution in [0.3, 0.4) is 0 Å². The number of amides is 1. The molecule has 0 radical (unpaired) electrons. The lowest BCUT2D eigenvalue weighted by molar-refractivity contribution is -0.113. The maximum absolute atomic E-state index is 12.5. The molecule has 2 aromatic rings. The van der Waals surface area contributed by atoms with Gasteiger partial charge in [-0.2, -0.15) is 0 Å². The zero-order valence-corrected chi connectivity index (χ0v) is 16.3. The number of carboxylic acid groups (broad SMARTS) is 1. The highest BCUT2D eigenvalue weighted by atomic mass is 32.2. The van der Waals surface area contributed by atoms with Crippen LogP contribution in [0.5, 0.6) is 0 Å². The number of hydrogen-bond acceptors (Lipinski definition) is 7. The molecule has 0 atom stereocenters. The fraction of sp³-hybridized carbons (Fsp3) is 0.111. The molecule has 2 rings (SSSR count). The summed E-state index contributed by atoms with van der Waals surface area (Å²) in [5.74, 6) is -2.66. The summed E-state index contributed by atoms with van der Waals surface area (Å²) in [6, 6.07) is 9.82. The number of hydrogen-bond donors (Lipinski definition) is 4. The fourth-order valence-corrected chi connectivity index (χ4v) is 2.77. The Morgan fingerprint density at radius 3 is 2.31 bits per heavy atom. The monoisotopic (exact) mass is 418 g/mol. The van der Waals surface area contributed by atoms with Gasteiger partial charge in [0, 0.05) is 5.69 Å². The largest absolute Gasteiger partial charge is 0.510 e. The Kier molecular flexibility index (Phi) is 6.46. The molecule has 0 fully saturated rings. The van der Waals surface area contributed by atoms with Crippen molar-refractivity contribution in [2.45, 2.75) is 18.7 Å². The Labute approximate surface area is 166 Å². The highest BCUT2D eigenvalue weighted by Crippen LogP contribution is 2.25. The van der Waals surface area contributed by atoms with Crippen molar-refractivity contribution >= 4 is 33.3 Å². The van der Waals surface area contributed by atoms with Crippen molar-refractivity contribution in [2.75, 3.05) is 5.32 Å². The van der Waals surface area contributed by atoms with Crippen molar-refractivity contribution in [3.63, 3.8) is 0 Å². The van der Waals surface area contributed by atoms with Gasteiger partial charge in [0.05, 0.1) is 10.5 Å². The van der Waals surface area contributed by atoms with Crippen LogP contribution in [-0.4, -0.2) is 30.5 Å². The van der Waals surface area contributed by atoms with Gasteiger partial charge in [-0.15, -0.1) is 10.2 Å². The van der Waals surface area contributed by atoms with Crippen LogP contribution in [0.25, 0.3) is 0 Å². The van der Waals surface area contributed by atoms with E-state index in [0.717, 1.165) is 23.8 Å². The number of allylic oxidation sites excluding steroid dienone is 1. The minimum Gasteiger partial charge on any atom is -0.510 e. The van der Waals surface area contributed by atoms with E-state index in [0.29, 0.717) is 5.69 Å². The predicted molar refractivity (Wildman–Crippen MR) is 104 cm³/mol. The summed E-state index contributed by atoms with van der Waals surface area (Å²) >= 11 is 0. The Bertz CT molecular complexity index is 1130. The second-order valence-corrected chi connectivity index (χ2v) is 7.49. The number of aliphatic hydroxyl groups excluding tert-OH is 1. The fourth-order valence-electron chi connectivity index (χ4n) is 2.23. The van der Waals surface area contributed by atoms with Crippen LogP contribution in [0.1, 0.15) is 22.8 Å². The standard InChI is InChI=1S/C18H18N4O6S/c1-10-5-3-4-6-14(10)20-17(24)16(11(2)23)22-21-15-9-12(29(19,27)28)7-8-13(15)18(25)26/h3-9,23H,1-2H3,(H,20,24)(H,25,26)(H2,19,27,28)/b16-11+,22-21?. The molecule has 0 aromatic heterocycles. The lowest BCUT2D eigenvalue weighted by atomic mass is 10.2. The Balaban J connectivity index is 2.43. The van der Waals surface area contributed by atoms with Crippen LogP contribution in [-0.2, 0) is 14.8 Å². The number of nitrogens with two attached hydrogens (primary N) is 1. The van der Waals surface area contributed by atoms with Gasteiger partial charge >= 0.3 is 5.97 Å². The van der Waals surface area contributed by atoms with Gasteiger partial charge in [-0.3, -0.25) is 4.79 Å². The van der Waals surface area contributed by atoms with E-state index in [1.54, 1.807) is 31.2 Å². The van der Waals surface area contributed by atoms with Gasteiger partial charge in [0.25, 0.3) is 5.91 Å². The summed E-state index contributed by atoms with van der Waals surface area (Å²) in [4.78, 5) is 23.4. The molecule has 0 aliphatic heterocycles. The smallest absolute Gasteiger partial charge is 0.337 e. The SMILES string of the molecule is C/C(O)=C(\N=Nc1cc(S(N)(=O)=O)ccc1C(=O)O)C(=O)Nc1ccccc1C. The van der Waals surface area contributed by atoms with E-state index in [4.69, 9.17) is 5.14 Å². The quantitative estimate of drug-likeness (QED) is 0.319. The zero-order chi connectivity index (χ0) is 21.8. The second kappa shape index (κ2) is 8.63. The minimum absolute atomic E-state index is 0.355. The van der Waals surface area contributed by atoms with Gasteiger partial charge in [0.15, 0.2) is 5.70 Å². The lowest BCUT2D eigenvalue weighted by Crippen LogP contribution is -2.15. The topological polar surface area (TPSA) is 172 Å². The molecule has 0 aliphatic carbocycles. The second-order valence-electron chi connectivity index (χ2n) is 5.93. The summed E-state index contributed by atoms with van der Waals surface area (Å²) in [7, 11) is -4.12. The van der Waals surface area contributed by atoms with Gasteiger partial charge < -0.3 is 15.5 Å². The van der Waals surface area contributed by atoms with Crippen LogP contribution in [0.4, 0.5) is 11.4 Å². The highest BCUT2D eigenvalue weighted by molar-refractivity contribution is 7.89. The molecule has 10 nitrogen and oxygen atoms in total. The van der Waals surface area contributed by atoms with Crippen molar-refractivity contribution in [1.29, 1.82) is 0 Å². The molecule has 11 heteroatoms. The van der Waals surface area contributed by atoms with Gasteiger partial charge in [-0.1, -0.05) is 18.2 Å². The predicted octanol–water partition coefficient (Wildman–Crippen LogP) is 2.85. The first-order valence-corrected chi connectivity index (χ1v) is 9.64. The number of carbonyl (C=O) groups is 2. The van der Waals surface area contributed by atoms with E-state index in [1.165, 1.54) is 6.92 Å². The van der Waals surface area contributed by atoms with Gasteiger partial charge in [0.1, 0.15) is 11.4 Å². The number of nitrogens with one attached hydrogen (secondary N) is 1. The summed E-state index contributed by atoms with van der Waals surface area (Å²) < 4.78 is 23.0. The van der Waals surface area contributed by atoms with Crippen LogP contribution in [0.15, 0.2) is 69.0 Å². The maximum atomic E-state index is 12.5. The molecule has 0 unspecified atom stereocenters. The Morgan fingerprint density at radius 2 is 1.76 bits per heavy atom. The van der Waals surface area contributed by atoms with E-state index in [-0.39, 0.29) is 16.1 Å². The number of sulfonamides is 1. The van der Waals surface area contributed by atoms with Gasteiger partial charge in [0.2, 0.25) is 10.0 Å². The average molecular weight is 418 g/mol. The van der Waals surface area contributed by atoms with E-state index in [9.17, 15) is 28.2 Å². The third-order valence-corrected chi connectivity index (χ3v) is 4.65. The highest BCUT2D eigenvalue weighted by Gasteiger charge is 2.18. The van der Waals surface area contributed by atoms with E-state index in [2.05, 4.69) is 15.5 Å². The van der Waals surface area contributed by atoms with Crippen LogP contribution in [0, 0.1) is 6.92 Å². The number of azo groups is 1. The number of nitrogens with zero attached hydrogens (tertiary/aromatic N) is 2. The molecule has 152 valence electrons. The van der Waals surface area contributed by atoms with Gasteiger partial charge in [-0.25, -0.2) is 18.4 Å². The first kappa shape index (κ1) is 21.7. The first-order chi connectivity index (χ1) is 13.5. The first-order valence-electron chi connectivity index (χ1n) is 8.09. The summed E-state index contributed by atoms with van der Waals surface area (Å²) in [5.41, 5.74) is 0.0446. The van der Waals surface area contributed by atoms with Crippen molar-refractivity contribution < 1.29 is 28.2 Å². The molecule has 0 spiro atoms. The van der Waals surface area contributed by atoms with E-state index >= 15 is 0 Å².